The number of nitro groups is 1. The molecule has 2 heterocycles. The first kappa shape index (κ1) is 23.3. The molecule has 0 atom stereocenters. The number of furan rings is 1. The normalized spacial score (nSPS) is 16.1. The van der Waals surface area contributed by atoms with Crippen molar-refractivity contribution in [3.8, 4) is 17.1 Å². The molecule has 1 aromatic heterocycles. The molecule has 9 heteroatoms. The monoisotopic (exact) mass is 477 g/mol. The average Bonchev–Trinajstić information content (AvgIpc) is 3.39. The molecule has 2 aromatic carbocycles. The summed E-state index contributed by atoms with van der Waals surface area (Å²) in [5.41, 5.74) is 1.28. The number of methoxy groups -OCH3 is 1. The van der Waals surface area contributed by atoms with Gasteiger partial charge < -0.3 is 9.15 Å². The van der Waals surface area contributed by atoms with Crippen molar-refractivity contribution >= 4 is 40.3 Å². The van der Waals surface area contributed by atoms with Crippen LogP contribution in [0.4, 0.5) is 11.4 Å². The topological polar surface area (TPSA) is 98.2 Å². The summed E-state index contributed by atoms with van der Waals surface area (Å²) in [5, 5.41) is 11.7. The van der Waals surface area contributed by atoms with Gasteiger partial charge in [-0.05, 0) is 48.0 Å². The zero-order valence-electron chi connectivity index (χ0n) is 18.9. The molecule has 1 aliphatic rings. The van der Waals surface area contributed by atoms with Crippen molar-refractivity contribution in [2.45, 2.75) is 13.8 Å². The molecule has 1 amide bonds. The maximum Gasteiger partial charge on any atom is 0.273 e. The largest absolute Gasteiger partial charge is 0.496 e. The summed E-state index contributed by atoms with van der Waals surface area (Å²) in [6.45, 7) is 4.66. The van der Waals surface area contributed by atoms with Crippen LogP contribution in [0, 0.1) is 16.0 Å². The molecule has 0 aliphatic carbocycles. The van der Waals surface area contributed by atoms with Crippen LogP contribution in [-0.2, 0) is 4.79 Å². The Balaban J connectivity index is 1.64. The number of hydrogen-bond acceptors (Lipinski definition) is 7. The average molecular weight is 478 g/mol. The number of amides is 1. The maximum absolute atomic E-state index is 13.2. The SMILES string of the molecule is COc1cc([N+](=O)[O-])ccc1-c1ccc(/C=C2/SC(=Nc3ccccc3)N(CC(C)C)C2=O)o1. The van der Waals surface area contributed by atoms with E-state index in [4.69, 9.17) is 9.15 Å². The number of ether oxygens (including phenoxy) is 1. The quantitative estimate of drug-likeness (QED) is 0.231. The van der Waals surface area contributed by atoms with Gasteiger partial charge in [-0.1, -0.05) is 32.0 Å². The molecule has 0 unspecified atom stereocenters. The second-order valence-corrected chi connectivity index (χ2v) is 9.00. The fourth-order valence-electron chi connectivity index (χ4n) is 3.43. The van der Waals surface area contributed by atoms with E-state index in [-0.39, 0.29) is 17.5 Å². The lowest BCUT2D eigenvalue weighted by atomic mass is 10.1. The van der Waals surface area contributed by atoms with E-state index >= 15 is 0 Å². The van der Waals surface area contributed by atoms with Gasteiger partial charge in [0.05, 0.1) is 34.3 Å². The predicted octanol–water partition coefficient (Wildman–Crippen LogP) is 6.12. The summed E-state index contributed by atoms with van der Waals surface area (Å²) in [7, 11) is 1.44. The van der Waals surface area contributed by atoms with Crippen molar-refractivity contribution in [2.75, 3.05) is 13.7 Å². The first-order valence-electron chi connectivity index (χ1n) is 10.6. The van der Waals surface area contributed by atoms with Crippen molar-refractivity contribution in [1.29, 1.82) is 0 Å². The number of benzene rings is 2. The minimum atomic E-state index is -0.481. The third-order valence-electron chi connectivity index (χ3n) is 4.98. The Hall–Kier alpha value is -3.85. The van der Waals surface area contributed by atoms with Crippen molar-refractivity contribution in [3.05, 3.63) is 81.4 Å². The molecular formula is C25H23N3O5S. The number of rotatable bonds is 7. The number of nitro benzene ring substituents is 1. The van der Waals surface area contributed by atoms with Gasteiger partial charge in [-0.3, -0.25) is 19.8 Å². The zero-order valence-corrected chi connectivity index (χ0v) is 19.7. The maximum atomic E-state index is 13.2. The molecule has 8 nitrogen and oxygen atoms in total. The Morgan fingerprint density at radius 1 is 1.18 bits per heavy atom. The van der Waals surface area contributed by atoms with Crippen LogP contribution in [0.5, 0.6) is 5.75 Å². The molecule has 0 N–H and O–H groups in total. The molecule has 34 heavy (non-hydrogen) atoms. The highest BCUT2D eigenvalue weighted by atomic mass is 32.2. The lowest BCUT2D eigenvalue weighted by molar-refractivity contribution is -0.384. The van der Waals surface area contributed by atoms with Gasteiger partial charge in [-0.25, -0.2) is 4.99 Å². The lowest BCUT2D eigenvalue weighted by Gasteiger charge is -2.17. The second-order valence-electron chi connectivity index (χ2n) is 7.99. The highest BCUT2D eigenvalue weighted by Gasteiger charge is 2.34. The molecule has 174 valence electrons. The zero-order chi connectivity index (χ0) is 24.2. The lowest BCUT2D eigenvalue weighted by Crippen LogP contribution is -2.32. The van der Waals surface area contributed by atoms with Crippen LogP contribution in [0.1, 0.15) is 19.6 Å². The van der Waals surface area contributed by atoms with Crippen LogP contribution in [0.3, 0.4) is 0 Å². The molecule has 1 fully saturated rings. The van der Waals surface area contributed by atoms with Crippen molar-refractivity contribution in [2.24, 2.45) is 10.9 Å². The Morgan fingerprint density at radius 2 is 1.94 bits per heavy atom. The molecule has 4 rings (SSSR count). The summed E-state index contributed by atoms with van der Waals surface area (Å²) in [5.74, 6) is 1.44. The number of thioether (sulfide) groups is 1. The fraction of sp³-hybridized carbons (Fsp3) is 0.200. The predicted molar refractivity (Wildman–Crippen MR) is 133 cm³/mol. The number of carbonyl (C=O) groups excluding carboxylic acids is 1. The van der Waals surface area contributed by atoms with Crippen molar-refractivity contribution < 1.29 is 18.9 Å². The van der Waals surface area contributed by atoms with Crippen LogP contribution >= 0.6 is 11.8 Å². The Morgan fingerprint density at radius 3 is 2.62 bits per heavy atom. The molecule has 0 bridgehead atoms. The first-order valence-corrected chi connectivity index (χ1v) is 11.4. The van der Waals surface area contributed by atoms with Gasteiger partial charge in [-0.2, -0.15) is 0 Å². The van der Waals surface area contributed by atoms with Gasteiger partial charge in [0.1, 0.15) is 17.3 Å². The van der Waals surface area contributed by atoms with Crippen LogP contribution in [0.15, 0.2) is 75.0 Å². The molecule has 0 saturated carbocycles. The highest BCUT2D eigenvalue weighted by Crippen LogP contribution is 2.37. The van der Waals surface area contributed by atoms with Crippen LogP contribution in [-0.4, -0.2) is 34.6 Å². The van der Waals surface area contributed by atoms with E-state index in [1.165, 1.54) is 31.0 Å². The summed E-state index contributed by atoms with van der Waals surface area (Å²) < 4.78 is 11.3. The molecule has 3 aromatic rings. The standard InChI is InChI=1S/C25H23N3O5S/c1-16(2)15-27-24(29)23(34-25(27)26-17-7-5-4-6-8-17)14-19-10-12-21(33-19)20-11-9-18(28(30)31)13-22(20)32-3/h4-14,16H,15H2,1-3H3/b23-14+,26-25?. The number of amidine groups is 1. The van der Waals surface area contributed by atoms with E-state index in [1.807, 2.05) is 30.3 Å². The van der Waals surface area contributed by atoms with Gasteiger partial charge in [0.25, 0.3) is 11.6 Å². The summed E-state index contributed by atoms with van der Waals surface area (Å²) in [6.07, 6.45) is 1.69. The number of carbonyl (C=O) groups is 1. The van der Waals surface area contributed by atoms with Crippen molar-refractivity contribution in [3.63, 3.8) is 0 Å². The number of aliphatic imine (C=N–C) groups is 1. The van der Waals surface area contributed by atoms with Gasteiger partial charge >= 0.3 is 0 Å². The first-order chi connectivity index (χ1) is 16.4. The number of nitrogens with zero attached hydrogens (tertiary/aromatic N) is 3. The summed E-state index contributed by atoms with van der Waals surface area (Å²) in [4.78, 5) is 30.6. The summed E-state index contributed by atoms with van der Waals surface area (Å²) in [6, 6.07) is 17.3. The molecule has 1 aliphatic heterocycles. The van der Waals surface area contributed by atoms with E-state index in [0.29, 0.717) is 39.5 Å². The summed E-state index contributed by atoms with van der Waals surface area (Å²) >= 11 is 1.30. The Bertz CT molecular complexity index is 1280. The number of hydrogen-bond donors (Lipinski definition) is 0. The third-order valence-corrected chi connectivity index (χ3v) is 5.98. The number of non-ortho nitro benzene ring substituents is 1. The fourth-order valence-corrected chi connectivity index (χ4v) is 4.42. The molecule has 0 spiro atoms. The molecule has 1 saturated heterocycles. The molecular weight excluding hydrogens is 454 g/mol. The van der Waals surface area contributed by atoms with Gasteiger partial charge in [-0.15, -0.1) is 0 Å². The Labute approximate surface area is 201 Å². The Kier molecular flexibility index (Phi) is 6.83. The van der Waals surface area contributed by atoms with E-state index in [0.717, 1.165) is 5.69 Å². The van der Waals surface area contributed by atoms with Crippen LogP contribution < -0.4 is 4.74 Å². The minimum Gasteiger partial charge on any atom is -0.496 e. The van der Waals surface area contributed by atoms with Gasteiger partial charge in [0, 0.05) is 18.7 Å². The van der Waals surface area contributed by atoms with Crippen LogP contribution in [0.2, 0.25) is 0 Å². The smallest absolute Gasteiger partial charge is 0.273 e. The third kappa shape index (κ3) is 5.04. The van der Waals surface area contributed by atoms with Crippen LogP contribution in [0.25, 0.3) is 17.4 Å². The van der Waals surface area contributed by atoms with Gasteiger partial charge in [0.2, 0.25) is 0 Å². The second kappa shape index (κ2) is 9.96. The number of para-hydroxylation sites is 1. The molecule has 0 radical (unpaired) electrons. The minimum absolute atomic E-state index is 0.0714. The highest BCUT2D eigenvalue weighted by molar-refractivity contribution is 8.18. The van der Waals surface area contributed by atoms with E-state index in [2.05, 4.69) is 18.8 Å². The van der Waals surface area contributed by atoms with E-state index in [9.17, 15) is 14.9 Å². The van der Waals surface area contributed by atoms with Gasteiger partial charge in [0.15, 0.2) is 5.17 Å². The van der Waals surface area contributed by atoms with Crippen molar-refractivity contribution in [1.82, 2.24) is 4.90 Å². The van der Waals surface area contributed by atoms with E-state index < -0.39 is 4.92 Å². The van der Waals surface area contributed by atoms with E-state index in [1.54, 1.807) is 29.2 Å².